The molecule has 18 heavy (non-hydrogen) atoms. The van der Waals surface area contributed by atoms with Gasteiger partial charge in [0, 0.05) is 5.56 Å². The van der Waals surface area contributed by atoms with E-state index in [4.69, 9.17) is 4.52 Å². The molecule has 94 valence electrons. The molecule has 0 spiro atoms. The molecule has 0 aliphatic carbocycles. The second kappa shape index (κ2) is 4.60. The fourth-order valence-electron chi connectivity index (χ4n) is 1.70. The number of esters is 1. The van der Waals surface area contributed by atoms with E-state index in [0.717, 1.165) is 0 Å². The minimum atomic E-state index is -0.522. The highest BCUT2D eigenvalue weighted by Crippen LogP contribution is 2.27. The number of benzene rings is 1. The van der Waals surface area contributed by atoms with Crippen molar-refractivity contribution in [3.8, 4) is 11.3 Å². The van der Waals surface area contributed by atoms with Crippen LogP contribution in [0.3, 0.4) is 0 Å². The predicted molar refractivity (Wildman–Crippen MR) is 62.7 cm³/mol. The molecule has 0 atom stereocenters. The summed E-state index contributed by atoms with van der Waals surface area (Å²) in [7, 11) is 1.29. The number of carbonyl (C=O) groups is 1. The molecule has 1 heterocycles. The van der Waals surface area contributed by atoms with Gasteiger partial charge in [0.1, 0.15) is 22.8 Å². The Hall–Kier alpha value is -2.17. The number of carbonyl (C=O) groups excluding carboxylic acids is 1. The van der Waals surface area contributed by atoms with Crippen molar-refractivity contribution in [2.75, 3.05) is 7.11 Å². The fraction of sp³-hybridized carbons (Fsp3) is 0.231. The van der Waals surface area contributed by atoms with Crippen molar-refractivity contribution in [3.05, 3.63) is 40.9 Å². The van der Waals surface area contributed by atoms with Crippen LogP contribution in [0.25, 0.3) is 11.3 Å². The molecule has 0 fully saturated rings. The van der Waals surface area contributed by atoms with Gasteiger partial charge in [-0.15, -0.1) is 0 Å². The van der Waals surface area contributed by atoms with Crippen molar-refractivity contribution in [3.63, 3.8) is 0 Å². The van der Waals surface area contributed by atoms with E-state index >= 15 is 0 Å². The van der Waals surface area contributed by atoms with Crippen molar-refractivity contribution >= 4 is 5.97 Å². The van der Waals surface area contributed by atoms with Gasteiger partial charge in [0.15, 0.2) is 0 Å². The monoisotopic (exact) mass is 249 g/mol. The van der Waals surface area contributed by atoms with Crippen molar-refractivity contribution in [1.29, 1.82) is 0 Å². The topological polar surface area (TPSA) is 52.3 Å². The van der Waals surface area contributed by atoms with Crippen LogP contribution in [-0.4, -0.2) is 18.2 Å². The van der Waals surface area contributed by atoms with E-state index in [0.29, 0.717) is 22.6 Å². The van der Waals surface area contributed by atoms with Gasteiger partial charge in [0.2, 0.25) is 0 Å². The number of aryl methyl sites for hydroxylation is 2. The van der Waals surface area contributed by atoms with Crippen LogP contribution in [0.15, 0.2) is 22.7 Å². The molecule has 0 unspecified atom stereocenters. The average Bonchev–Trinajstić information content (AvgIpc) is 2.74. The summed E-state index contributed by atoms with van der Waals surface area (Å²) in [6.07, 6.45) is 0. The standard InChI is InChI=1S/C13H12FNO3/c1-7-6-9(4-5-10(7)14)12-11(13(16)17-3)8(2)18-15-12/h4-6H,1-3H3. The van der Waals surface area contributed by atoms with Gasteiger partial charge < -0.3 is 9.26 Å². The molecule has 0 aliphatic rings. The maximum Gasteiger partial charge on any atom is 0.343 e. The number of halogens is 1. The van der Waals surface area contributed by atoms with Gasteiger partial charge in [-0.2, -0.15) is 0 Å². The Bertz CT molecular complexity index is 604. The lowest BCUT2D eigenvalue weighted by Crippen LogP contribution is -2.03. The molecule has 2 aromatic rings. The third kappa shape index (κ3) is 1.99. The number of methoxy groups -OCH3 is 1. The van der Waals surface area contributed by atoms with E-state index in [1.54, 1.807) is 26.0 Å². The summed E-state index contributed by atoms with van der Waals surface area (Å²) in [5.41, 5.74) is 1.72. The number of nitrogens with zero attached hydrogens (tertiary/aromatic N) is 1. The van der Waals surface area contributed by atoms with E-state index in [9.17, 15) is 9.18 Å². The molecular formula is C13H12FNO3. The zero-order valence-corrected chi connectivity index (χ0v) is 10.3. The van der Waals surface area contributed by atoms with E-state index in [-0.39, 0.29) is 11.4 Å². The van der Waals surface area contributed by atoms with Gasteiger partial charge >= 0.3 is 5.97 Å². The van der Waals surface area contributed by atoms with Gasteiger partial charge in [0.05, 0.1) is 7.11 Å². The summed E-state index contributed by atoms with van der Waals surface area (Å²) in [4.78, 5) is 11.6. The third-order valence-corrected chi connectivity index (χ3v) is 2.68. The maximum atomic E-state index is 13.2. The Morgan fingerprint density at radius 1 is 1.39 bits per heavy atom. The van der Waals surface area contributed by atoms with Crippen LogP contribution in [-0.2, 0) is 4.74 Å². The molecule has 1 aromatic carbocycles. The molecule has 0 saturated carbocycles. The number of rotatable bonds is 2. The molecule has 1 aromatic heterocycles. The third-order valence-electron chi connectivity index (χ3n) is 2.68. The van der Waals surface area contributed by atoms with E-state index in [2.05, 4.69) is 9.89 Å². The van der Waals surface area contributed by atoms with E-state index in [1.807, 2.05) is 0 Å². The van der Waals surface area contributed by atoms with Crippen LogP contribution in [0.5, 0.6) is 0 Å². The molecule has 4 nitrogen and oxygen atoms in total. The number of ether oxygens (including phenoxy) is 1. The average molecular weight is 249 g/mol. The van der Waals surface area contributed by atoms with Crippen molar-refractivity contribution < 1.29 is 18.4 Å². The SMILES string of the molecule is COC(=O)c1c(-c2ccc(F)c(C)c2)noc1C. The first-order valence-corrected chi connectivity index (χ1v) is 5.35. The lowest BCUT2D eigenvalue weighted by atomic mass is 10.0. The molecule has 0 radical (unpaired) electrons. The molecule has 0 bridgehead atoms. The van der Waals surface area contributed by atoms with Gasteiger partial charge in [-0.05, 0) is 37.6 Å². The Kier molecular flexibility index (Phi) is 3.14. The quantitative estimate of drug-likeness (QED) is 0.768. The van der Waals surface area contributed by atoms with Gasteiger partial charge in [-0.25, -0.2) is 9.18 Å². The number of aromatic nitrogens is 1. The van der Waals surface area contributed by atoms with E-state index in [1.165, 1.54) is 13.2 Å². The number of hydrogen-bond donors (Lipinski definition) is 0. The van der Waals surface area contributed by atoms with Crippen molar-refractivity contribution in [2.24, 2.45) is 0 Å². The Morgan fingerprint density at radius 3 is 2.72 bits per heavy atom. The first-order valence-electron chi connectivity index (χ1n) is 5.35. The van der Waals surface area contributed by atoms with Crippen molar-refractivity contribution in [2.45, 2.75) is 13.8 Å². The molecule has 5 heteroatoms. The predicted octanol–water partition coefficient (Wildman–Crippen LogP) is 2.88. The smallest absolute Gasteiger partial charge is 0.343 e. The molecule has 0 aliphatic heterocycles. The van der Waals surface area contributed by atoms with Gasteiger partial charge in [0.25, 0.3) is 0 Å². The fourth-order valence-corrected chi connectivity index (χ4v) is 1.70. The van der Waals surface area contributed by atoms with Gasteiger partial charge in [-0.1, -0.05) is 5.16 Å². The molecule has 0 amide bonds. The lowest BCUT2D eigenvalue weighted by Gasteiger charge is -2.02. The zero-order chi connectivity index (χ0) is 13.3. The van der Waals surface area contributed by atoms with Crippen LogP contribution in [0.4, 0.5) is 4.39 Å². The Balaban J connectivity index is 2.57. The molecule has 0 N–H and O–H groups in total. The molecule has 0 saturated heterocycles. The highest BCUT2D eigenvalue weighted by atomic mass is 19.1. The normalized spacial score (nSPS) is 10.4. The van der Waals surface area contributed by atoms with Crippen LogP contribution in [0.2, 0.25) is 0 Å². The largest absolute Gasteiger partial charge is 0.465 e. The summed E-state index contributed by atoms with van der Waals surface area (Å²) in [5, 5.41) is 3.83. The Labute approximate surface area is 103 Å². The zero-order valence-electron chi connectivity index (χ0n) is 10.3. The minimum Gasteiger partial charge on any atom is -0.465 e. The maximum absolute atomic E-state index is 13.2. The second-order valence-electron chi connectivity index (χ2n) is 3.92. The van der Waals surface area contributed by atoms with Crippen LogP contribution < -0.4 is 0 Å². The van der Waals surface area contributed by atoms with Crippen LogP contribution in [0, 0.1) is 19.7 Å². The first kappa shape index (κ1) is 12.3. The lowest BCUT2D eigenvalue weighted by molar-refractivity contribution is 0.0599. The second-order valence-corrected chi connectivity index (χ2v) is 3.92. The molecular weight excluding hydrogens is 237 g/mol. The first-order chi connectivity index (χ1) is 8.54. The Morgan fingerprint density at radius 2 is 2.11 bits per heavy atom. The van der Waals surface area contributed by atoms with Crippen molar-refractivity contribution in [1.82, 2.24) is 5.16 Å². The summed E-state index contributed by atoms with van der Waals surface area (Å²) in [5.74, 6) is -0.455. The summed E-state index contributed by atoms with van der Waals surface area (Å²) < 4.78 is 22.9. The van der Waals surface area contributed by atoms with E-state index < -0.39 is 5.97 Å². The summed E-state index contributed by atoms with van der Waals surface area (Å²) >= 11 is 0. The summed E-state index contributed by atoms with van der Waals surface area (Å²) in [6, 6.07) is 4.49. The number of hydrogen-bond acceptors (Lipinski definition) is 4. The van der Waals surface area contributed by atoms with Crippen LogP contribution >= 0.6 is 0 Å². The summed E-state index contributed by atoms with van der Waals surface area (Å²) in [6.45, 7) is 3.27. The minimum absolute atomic E-state index is 0.267. The van der Waals surface area contributed by atoms with Gasteiger partial charge in [-0.3, -0.25) is 0 Å². The van der Waals surface area contributed by atoms with Crippen LogP contribution in [0.1, 0.15) is 21.7 Å². The molecule has 2 rings (SSSR count). The highest BCUT2D eigenvalue weighted by Gasteiger charge is 2.22. The highest BCUT2D eigenvalue weighted by molar-refractivity contribution is 5.97.